The minimum atomic E-state index is -3.76. The molecule has 3 rings (SSSR count). The standard InChI is InChI=1S/C22H28N2O5S/c1-5-18(16-8-11-20(28-3)21(14-16)29-4)23-30(26,27)17-9-10-19(15(2)13-17)24-12-6-7-22(24)25/h8-11,13-14,18,23H,5-7,12H2,1-4H3/t18-/m1/s1. The first kappa shape index (κ1) is 22.1. The van der Waals surface area contributed by atoms with Gasteiger partial charge in [0.1, 0.15) is 0 Å². The molecular weight excluding hydrogens is 404 g/mol. The van der Waals surface area contributed by atoms with E-state index in [0.29, 0.717) is 30.9 Å². The lowest BCUT2D eigenvalue weighted by atomic mass is 10.1. The van der Waals surface area contributed by atoms with Crippen LogP contribution in [0.15, 0.2) is 41.3 Å². The molecule has 30 heavy (non-hydrogen) atoms. The second-order valence-corrected chi connectivity index (χ2v) is 9.01. The zero-order chi connectivity index (χ0) is 21.9. The van der Waals surface area contributed by atoms with Crippen molar-refractivity contribution in [3.63, 3.8) is 0 Å². The van der Waals surface area contributed by atoms with E-state index in [1.807, 2.05) is 19.9 Å². The predicted octanol–water partition coefficient (Wildman–Crippen LogP) is 3.57. The topological polar surface area (TPSA) is 84.9 Å². The number of rotatable bonds is 8. The average molecular weight is 433 g/mol. The Labute approximate surface area is 178 Å². The van der Waals surface area contributed by atoms with E-state index in [9.17, 15) is 13.2 Å². The molecule has 2 aromatic rings. The van der Waals surface area contributed by atoms with E-state index in [1.54, 1.807) is 49.5 Å². The van der Waals surface area contributed by atoms with Crippen LogP contribution in [-0.4, -0.2) is 35.1 Å². The number of nitrogens with zero attached hydrogens (tertiary/aromatic N) is 1. The molecule has 0 spiro atoms. The smallest absolute Gasteiger partial charge is 0.241 e. The van der Waals surface area contributed by atoms with Gasteiger partial charge >= 0.3 is 0 Å². The van der Waals surface area contributed by atoms with Gasteiger partial charge in [0.2, 0.25) is 15.9 Å². The van der Waals surface area contributed by atoms with Gasteiger partial charge in [0.25, 0.3) is 0 Å². The van der Waals surface area contributed by atoms with Crippen molar-refractivity contribution in [1.29, 1.82) is 0 Å². The van der Waals surface area contributed by atoms with Crippen molar-refractivity contribution in [2.24, 2.45) is 0 Å². The number of sulfonamides is 1. The maximum Gasteiger partial charge on any atom is 0.241 e. The lowest BCUT2D eigenvalue weighted by Crippen LogP contribution is -2.29. The van der Waals surface area contributed by atoms with Crippen molar-refractivity contribution in [2.75, 3.05) is 25.7 Å². The van der Waals surface area contributed by atoms with Crippen molar-refractivity contribution in [2.45, 2.75) is 44.0 Å². The molecule has 7 nitrogen and oxygen atoms in total. The summed E-state index contributed by atoms with van der Waals surface area (Å²) in [5.41, 5.74) is 2.31. The Hall–Kier alpha value is -2.58. The Morgan fingerprint density at radius 1 is 1.10 bits per heavy atom. The van der Waals surface area contributed by atoms with Gasteiger partial charge in [-0.15, -0.1) is 0 Å². The molecule has 1 aliphatic heterocycles. The van der Waals surface area contributed by atoms with Crippen LogP contribution in [0.2, 0.25) is 0 Å². The zero-order valence-corrected chi connectivity index (χ0v) is 18.6. The SMILES string of the molecule is CC[C@@H](NS(=O)(=O)c1ccc(N2CCCC2=O)c(C)c1)c1ccc(OC)c(OC)c1. The zero-order valence-electron chi connectivity index (χ0n) is 17.8. The third-order valence-electron chi connectivity index (χ3n) is 5.36. The van der Waals surface area contributed by atoms with E-state index in [-0.39, 0.29) is 10.8 Å². The molecule has 1 atom stereocenters. The monoisotopic (exact) mass is 432 g/mol. The number of amides is 1. The second-order valence-electron chi connectivity index (χ2n) is 7.29. The van der Waals surface area contributed by atoms with Gasteiger partial charge in [0.05, 0.1) is 19.1 Å². The fraction of sp³-hybridized carbons (Fsp3) is 0.409. The van der Waals surface area contributed by atoms with E-state index in [1.165, 1.54) is 0 Å². The number of carbonyl (C=O) groups excluding carboxylic acids is 1. The molecule has 0 aliphatic carbocycles. The van der Waals surface area contributed by atoms with Crippen LogP contribution in [0.3, 0.4) is 0 Å². The number of hydrogen-bond donors (Lipinski definition) is 1. The number of benzene rings is 2. The Bertz CT molecular complexity index is 1040. The molecule has 8 heteroatoms. The maximum atomic E-state index is 13.1. The molecule has 1 heterocycles. The highest BCUT2D eigenvalue weighted by Crippen LogP contribution is 2.32. The fourth-order valence-corrected chi connectivity index (χ4v) is 5.11. The van der Waals surface area contributed by atoms with E-state index >= 15 is 0 Å². The van der Waals surface area contributed by atoms with Crippen LogP contribution >= 0.6 is 0 Å². The normalized spacial score (nSPS) is 15.3. The van der Waals surface area contributed by atoms with Gasteiger partial charge in [-0.1, -0.05) is 13.0 Å². The minimum Gasteiger partial charge on any atom is -0.493 e. The van der Waals surface area contributed by atoms with Gasteiger partial charge < -0.3 is 14.4 Å². The lowest BCUT2D eigenvalue weighted by molar-refractivity contribution is -0.117. The van der Waals surface area contributed by atoms with Gasteiger partial charge in [-0.2, -0.15) is 0 Å². The summed E-state index contributed by atoms with van der Waals surface area (Å²) in [4.78, 5) is 13.9. The van der Waals surface area contributed by atoms with Crippen molar-refractivity contribution in [3.05, 3.63) is 47.5 Å². The summed E-state index contributed by atoms with van der Waals surface area (Å²) in [6.45, 7) is 4.41. The first-order valence-electron chi connectivity index (χ1n) is 9.96. The molecule has 0 radical (unpaired) electrons. The number of hydrogen-bond acceptors (Lipinski definition) is 5. The van der Waals surface area contributed by atoms with Crippen molar-refractivity contribution >= 4 is 21.6 Å². The van der Waals surface area contributed by atoms with Gasteiger partial charge in [-0.05, 0) is 61.2 Å². The lowest BCUT2D eigenvalue weighted by Gasteiger charge is -2.21. The van der Waals surface area contributed by atoms with Crippen LogP contribution < -0.4 is 19.1 Å². The highest BCUT2D eigenvalue weighted by molar-refractivity contribution is 7.89. The van der Waals surface area contributed by atoms with E-state index < -0.39 is 16.1 Å². The largest absolute Gasteiger partial charge is 0.493 e. The number of ether oxygens (including phenoxy) is 2. The van der Waals surface area contributed by atoms with Crippen molar-refractivity contribution < 1.29 is 22.7 Å². The molecule has 1 saturated heterocycles. The third kappa shape index (κ3) is 4.44. The quantitative estimate of drug-likeness (QED) is 0.689. The van der Waals surface area contributed by atoms with E-state index in [2.05, 4.69) is 4.72 Å². The number of methoxy groups -OCH3 is 2. The Balaban J connectivity index is 1.86. The first-order valence-corrected chi connectivity index (χ1v) is 11.4. The fourth-order valence-electron chi connectivity index (χ4n) is 3.71. The van der Waals surface area contributed by atoms with Crippen LogP contribution in [0.1, 0.15) is 43.4 Å². The highest BCUT2D eigenvalue weighted by Gasteiger charge is 2.25. The molecule has 1 aliphatic rings. The molecular formula is C22H28N2O5S. The summed E-state index contributed by atoms with van der Waals surface area (Å²) in [6, 6.07) is 9.83. The van der Waals surface area contributed by atoms with Crippen molar-refractivity contribution in [3.8, 4) is 11.5 Å². The van der Waals surface area contributed by atoms with Crippen molar-refractivity contribution in [1.82, 2.24) is 4.72 Å². The predicted molar refractivity (Wildman–Crippen MR) is 116 cm³/mol. The molecule has 1 fully saturated rings. The summed E-state index contributed by atoms with van der Waals surface area (Å²) in [7, 11) is -0.658. The minimum absolute atomic E-state index is 0.0753. The second kappa shape index (κ2) is 9.06. The van der Waals surface area contributed by atoms with Gasteiger partial charge in [-0.25, -0.2) is 13.1 Å². The number of carbonyl (C=O) groups is 1. The molecule has 0 bridgehead atoms. The van der Waals surface area contributed by atoms with Crippen LogP contribution in [0, 0.1) is 6.92 Å². The van der Waals surface area contributed by atoms with Crippen LogP contribution in [0.4, 0.5) is 5.69 Å². The molecule has 0 unspecified atom stereocenters. The summed E-state index contributed by atoms with van der Waals surface area (Å²) in [5, 5.41) is 0. The Morgan fingerprint density at radius 3 is 2.40 bits per heavy atom. The van der Waals surface area contributed by atoms with Crippen LogP contribution in [0.25, 0.3) is 0 Å². The molecule has 162 valence electrons. The van der Waals surface area contributed by atoms with E-state index in [0.717, 1.165) is 23.2 Å². The highest BCUT2D eigenvalue weighted by atomic mass is 32.2. The molecule has 0 saturated carbocycles. The number of nitrogens with one attached hydrogen (secondary N) is 1. The Morgan fingerprint density at radius 2 is 1.83 bits per heavy atom. The van der Waals surface area contributed by atoms with E-state index in [4.69, 9.17) is 9.47 Å². The molecule has 1 N–H and O–H groups in total. The first-order chi connectivity index (χ1) is 14.3. The van der Waals surface area contributed by atoms with Gasteiger partial charge in [0, 0.05) is 24.7 Å². The van der Waals surface area contributed by atoms with Gasteiger partial charge in [0.15, 0.2) is 11.5 Å². The van der Waals surface area contributed by atoms with Crippen LogP contribution in [0.5, 0.6) is 11.5 Å². The summed E-state index contributed by atoms with van der Waals surface area (Å²) in [6.07, 6.45) is 1.92. The average Bonchev–Trinajstić information content (AvgIpc) is 3.17. The number of aryl methyl sites for hydroxylation is 1. The summed E-state index contributed by atoms with van der Waals surface area (Å²) >= 11 is 0. The summed E-state index contributed by atoms with van der Waals surface area (Å²) < 4.78 is 39.5. The number of anilines is 1. The molecule has 0 aromatic heterocycles. The van der Waals surface area contributed by atoms with Crippen LogP contribution in [-0.2, 0) is 14.8 Å². The molecule has 1 amide bonds. The Kier molecular flexibility index (Phi) is 6.67. The maximum absolute atomic E-state index is 13.1. The summed E-state index contributed by atoms with van der Waals surface area (Å²) in [5.74, 6) is 1.20. The van der Waals surface area contributed by atoms with Gasteiger partial charge in [-0.3, -0.25) is 4.79 Å². The third-order valence-corrected chi connectivity index (χ3v) is 6.83. The molecule has 2 aromatic carbocycles.